The van der Waals surface area contributed by atoms with Crippen LogP contribution in [0.1, 0.15) is 156 Å². The second kappa shape index (κ2) is 26.1. The van der Waals surface area contributed by atoms with E-state index >= 15 is 35.5 Å². The molecule has 0 radical (unpaired) electrons. The van der Waals surface area contributed by atoms with Gasteiger partial charge in [-0.05, 0) is 132 Å². The lowest BCUT2D eigenvalue weighted by Gasteiger charge is -2.31. The summed E-state index contributed by atoms with van der Waals surface area (Å²) in [6, 6.07) is 5.18. The number of hydrogen-bond donors (Lipinski definition) is 4. The molecule has 0 spiro atoms. The molecule has 2 aliphatic rings. The van der Waals surface area contributed by atoms with Crippen molar-refractivity contribution in [3.05, 3.63) is 122 Å². The van der Waals surface area contributed by atoms with Gasteiger partial charge in [0.1, 0.15) is 58.3 Å². The number of anilines is 1. The molecule has 3 heterocycles. The Bertz CT molecular complexity index is 4580. The van der Waals surface area contributed by atoms with Gasteiger partial charge in [0.2, 0.25) is 21.8 Å². The first-order chi connectivity index (χ1) is 44.5. The van der Waals surface area contributed by atoms with Crippen LogP contribution in [0, 0.1) is 41.7 Å². The second-order valence-electron chi connectivity index (χ2n) is 27.6. The van der Waals surface area contributed by atoms with Crippen molar-refractivity contribution in [3.8, 4) is 28.7 Å². The fraction of sp³-hybridized carbons (Fsp3) is 0.476. The largest absolute Gasteiger partial charge is 0.524 e. The summed E-state index contributed by atoms with van der Waals surface area (Å²) in [4.78, 5) is 82.0. The highest BCUT2D eigenvalue weighted by Crippen LogP contribution is 2.68. The summed E-state index contributed by atoms with van der Waals surface area (Å²) in [6.45, 7) is 13.0. The summed E-state index contributed by atoms with van der Waals surface area (Å²) in [5, 5.41) is 11.1. The minimum Gasteiger partial charge on any atom is -0.458 e. The van der Waals surface area contributed by atoms with E-state index in [0.29, 0.717) is 12.3 Å². The smallest absolute Gasteiger partial charge is 0.458 e. The summed E-state index contributed by atoms with van der Waals surface area (Å²) in [6.07, 6.45) is -11.4. The highest BCUT2D eigenvalue weighted by molar-refractivity contribution is 7.93. The maximum absolute atomic E-state index is 15.8. The zero-order valence-corrected chi connectivity index (χ0v) is 58.0. The van der Waals surface area contributed by atoms with Crippen LogP contribution in [0.2, 0.25) is 5.02 Å². The summed E-state index contributed by atoms with van der Waals surface area (Å²) in [5.41, 5.74) is -10.6. The molecule has 35 heteroatoms. The molecule has 3 amide bonds. The number of phosphoric acid groups is 1. The SMILES string of the molecule is Cc1cc(C(=O)N[C@@H](CC(C)(C)C)C(=O)OC(C)(C)C)cc(OP(=O)(O)O)c1C(C)(C)CC(=O)N(c1nn(CC(F)(F)F)c2c(-c3ccc(C#CC(C)(C)S(C)(=O)=O)nc3[C@H](Cc3cc(F)cc(F)c3)NC(=O)Cn3nc(C(F)(F)F)c4c3C(F)(F)[C@@H]3C[C@H]43)ccc(Cl)c12)S(C)(=O)=O. The molecule has 0 saturated heterocycles. The summed E-state index contributed by atoms with van der Waals surface area (Å²) < 4.78 is 226. The number of nitrogens with zero attached hydrogens (tertiary/aromatic N) is 6. The lowest BCUT2D eigenvalue weighted by atomic mass is 9.78. The van der Waals surface area contributed by atoms with E-state index in [1.165, 1.54) is 40.7 Å². The van der Waals surface area contributed by atoms with Crippen LogP contribution in [-0.4, -0.2) is 110 Å². The maximum Gasteiger partial charge on any atom is 0.524 e. The average molecular weight is 1470 g/mol. The van der Waals surface area contributed by atoms with Crippen LogP contribution in [0.4, 0.5) is 49.7 Å². The Morgan fingerprint density at radius 3 is 2.02 bits per heavy atom. The monoisotopic (exact) mass is 1460 g/mol. The van der Waals surface area contributed by atoms with Gasteiger partial charge in [-0.1, -0.05) is 58.2 Å². The number of rotatable bonds is 20. The molecule has 0 bridgehead atoms. The van der Waals surface area contributed by atoms with E-state index in [9.17, 15) is 58.7 Å². The molecule has 1 saturated carbocycles. The van der Waals surface area contributed by atoms with E-state index in [4.69, 9.17) is 20.9 Å². The van der Waals surface area contributed by atoms with Crippen LogP contribution in [-0.2, 0) is 80.6 Å². The Morgan fingerprint density at radius 2 is 1.47 bits per heavy atom. The molecule has 532 valence electrons. The molecule has 21 nitrogen and oxygen atoms in total. The van der Waals surface area contributed by atoms with Gasteiger partial charge >= 0.3 is 26.1 Å². The van der Waals surface area contributed by atoms with Crippen LogP contribution in [0.25, 0.3) is 22.0 Å². The summed E-state index contributed by atoms with van der Waals surface area (Å²) in [7, 11) is -14.7. The number of carbonyl (C=O) groups is 4. The van der Waals surface area contributed by atoms with Crippen molar-refractivity contribution in [2.75, 3.05) is 16.8 Å². The first-order valence-corrected chi connectivity index (χ1v) is 35.4. The number of amides is 3. The van der Waals surface area contributed by atoms with Gasteiger partial charge in [0.05, 0.1) is 33.9 Å². The van der Waals surface area contributed by atoms with E-state index in [1.54, 1.807) is 41.5 Å². The Morgan fingerprint density at radius 1 is 0.857 bits per heavy atom. The standard InChI is InChI=1S/C63H68ClF10N8O13PS2/c1-31-20-33(55(85)77-43(27-57(2,3)4)56(86)94-58(5,6)7)24-44(95-96(87,88)89)49(31)59(8,9)28-46(84)82(98(13,92)93)54-48-41(64)17-16-38(51(48)81(79-54)30-61(67,68)69)37-15-14-36(18-19-60(10,11)97(12,90)91)75-50(37)42(23-32-21-34(65)25-35(66)22-32)76-45(83)29-80-53-47(52(78-80)63(72,73)74)39-26-40(39)62(53,70)71/h14-17,20-22,24-25,39-40,42-43H,23,26-30H2,1-13H3,(H,76,83)(H,77,85)(H2,87,88,89)/t39-,40+,42-,43-/m0/s1. The molecule has 4 atom stereocenters. The Balaban J connectivity index is 1.30. The molecule has 6 aromatic rings. The van der Waals surface area contributed by atoms with Crippen molar-refractivity contribution in [2.45, 2.75) is 167 Å². The molecular weight excluding hydrogens is 1400 g/mol. The highest BCUT2D eigenvalue weighted by Gasteiger charge is 2.68. The summed E-state index contributed by atoms with van der Waals surface area (Å²) in [5.74, 6) is -10.5. The number of fused-ring (bicyclic) bond motifs is 4. The predicted molar refractivity (Wildman–Crippen MR) is 338 cm³/mol. The lowest BCUT2D eigenvalue weighted by Crippen LogP contribution is -2.46. The van der Waals surface area contributed by atoms with E-state index < -0.39 is 214 Å². The number of halogens is 11. The van der Waals surface area contributed by atoms with E-state index in [1.807, 2.05) is 0 Å². The van der Waals surface area contributed by atoms with Gasteiger partial charge in [-0.15, -0.1) is 0 Å². The first-order valence-electron chi connectivity index (χ1n) is 29.7. The number of nitrogens with one attached hydrogen (secondary N) is 2. The molecule has 0 aliphatic heterocycles. The molecule has 3 aromatic heterocycles. The number of aryl methyl sites for hydroxylation is 1. The lowest BCUT2D eigenvalue weighted by molar-refractivity contribution is -0.158. The molecular formula is C63H68ClF10N8O13PS2. The quantitative estimate of drug-likeness (QED) is 0.0239. The third-order valence-electron chi connectivity index (χ3n) is 15.9. The average Bonchev–Trinajstić information content (AvgIpc) is 1.52. The molecule has 8 rings (SSSR count). The topological polar surface area (TPSA) is 288 Å². The van der Waals surface area contributed by atoms with Crippen LogP contribution in [0.5, 0.6) is 5.75 Å². The Kier molecular flexibility index (Phi) is 20.3. The van der Waals surface area contributed by atoms with Gasteiger partial charge in [0.15, 0.2) is 21.3 Å². The molecule has 2 aliphatic carbocycles. The number of ether oxygens (including phenoxy) is 1. The van der Waals surface area contributed by atoms with E-state index in [2.05, 4.69) is 37.7 Å². The van der Waals surface area contributed by atoms with Gasteiger partial charge in [0, 0.05) is 57.9 Å². The molecule has 0 unspecified atom stereocenters. The minimum atomic E-state index is -5.60. The third-order valence-corrected chi connectivity index (χ3v) is 19.7. The molecule has 98 heavy (non-hydrogen) atoms. The third kappa shape index (κ3) is 17.1. The number of sulfonamides is 1. The Labute approximate surface area is 561 Å². The zero-order valence-electron chi connectivity index (χ0n) is 54.7. The number of carbonyl (C=O) groups excluding carboxylic acids is 4. The number of esters is 1. The summed E-state index contributed by atoms with van der Waals surface area (Å²) >= 11 is 6.86. The molecule has 3 aromatic carbocycles. The maximum atomic E-state index is 15.8. The zero-order chi connectivity index (χ0) is 73.7. The number of sulfone groups is 1. The van der Waals surface area contributed by atoms with Gasteiger partial charge in [-0.25, -0.2) is 40.0 Å². The fourth-order valence-electron chi connectivity index (χ4n) is 11.8. The van der Waals surface area contributed by atoms with Crippen molar-refractivity contribution in [2.24, 2.45) is 11.3 Å². The number of hydrogen-bond acceptors (Lipinski definition) is 14. The van der Waals surface area contributed by atoms with E-state index in [0.717, 1.165) is 48.7 Å². The van der Waals surface area contributed by atoms with Crippen molar-refractivity contribution >= 4 is 79.7 Å². The van der Waals surface area contributed by atoms with Crippen molar-refractivity contribution < 1.29 is 104 Å². The van der Waals surface area contributed by atoms with Crippen molar-refractivity contribution in [1.82, 2.24) is 35.2 Å². The normalized spacial score (nSPS) is 16.5. The number of aromatic nitrogens is 5. The van der Waals surface area contributed by atoms with Crippen molar-refractivity contribution in [1.29, 1.82) is 0 Å². The van der Waals surface area contributed by atoms with Crippen LogP contribution >= 0.6 is 19.4 Å². The van der Waals surface area contributed by atoms with Gasteiger partial charge in [0.25, 0.3) is 11.8 Å². The molecule has 4 N–H and O–H groups in total. The molecule has 1 fully saturated rings. The minimum absolute atomic E-state index is 0.00155. The highest BCUT2D eigenvalue weighted by atomic mass is 35.5. The van der Waals surface area contributed by atoms with Gasteiger partial charge < -0.3 is 19.9 Å². The van der Waals surface area contributed by atoms with Crippen LogP contribution in [0.3, 0.4) is 0 Å². The first kappa shape index (κ1) is 76.1. The van der Waals surface area contributed by atoms with E-state index in [-0.39, 0.29) is 54.5 Å². The van der Waals surface area contributed by atoms with Gasteiger partial charge in [-0.3, -0.25) is 33.5 Å². The second-order valence-corrected chi connectivity index (χ2v) is 33.5. The number of benzene rings is 3. The van der Waals surface area contributed by atoms with Crippen molar-refractivity contribution in [3.63, 3.8) is 0 Å². The Hall–Kier alpha value is -7.63. The number of alkyl halides is 8. The van der Waals surface area contributed by atoms with Crippen LogP contribution < -0.4 is 19.5 Å². The van der Waals surface area contributed by atoms with Gasteiger partial charge in [-0.2, -0.15) is 49.6 Å². The fourth-order valence-corrected chi connectivity index (χ4v) is 13.5. The number of phosphoric ester groups is 1. The number of pyridine rings is 1. The van der Waals surface area contributed by atoms with Crippen LogP contribution in [0.15, 0.2) is 54.6 Å². The predicted octanol–water partition coefficient (Wildman–Crippen LogP) is 11.6.